The maximum absolute atomic E-state index is 11.9. The first kappa shape index (κ1) is 14.1. The van der Waals surface area contributed by atoms with E-state index in [2.05, 4.69) is 15.3 Å². The van der Waals surface area contributed by atoms with Crippen molar-refractivity contribution < 1.29 is 19.0 Å². The molecule has 1 amide bonds. The van der Waals surface area contributed by atoms with Crippen molar-refractivity contribution >= 4 is 11.6 Å². The lowest BCUT2D eigenvalue weighted by molar-refractivity contribution is -0.118. The van der Waals surface area contributed by atoms with E-state index in [1.807, 2.05) is 6.92 Å². The van der Waals surface area contributed by atoms with Crippen LogP contribution in [0.2, 0.25) is 0 Å². The fraction of sp³-hybridized carbons (Fsp3) is 0.267. The number of fused-ring (bicyclic) bond motifs is 1. The Morgan fingerprint density at radius 3 is 2.86 bits per heavy atom. The molecular weight excluding hydrogens is 286 g/mol. The number of aryl methyl sites for hydroxylation is 1. The minimum Gasteiger partial charge on any atom is -0.486 e. The third-order valence-electron chi connectivity index (χ3n) is 2.96. The normalized spacial score (nSPS) is 12.6. The molecule has 0 fully saturated rings. The van der Waals surface area contributed by atoms with Gasteiger partial charge in [0.05, 0.1) is 0 Å². The van der Waals surface area contributed by atoms with Gasteiger partial charge in [-0.15, -0.1) is 0 Å². The summed E-state index contributed by atoms with van der Waals surface area (Å²) in [5.74, 6) is 1.38. The summed E-state index contributed by atoms with van der Waals surface area (Å²) in [5.41, 5.74) is 1.40. The smallest absolute Gasteiger partial charge is 0.262 e. The molecule has 0 atom stereocenters. The van der Waals surface area contributed by atoms with E-state index in [1.54, 1.807) is 24.3 Å². The predicted octanol–water partition coefficient (Wildman–Crippen LogP) is 1.57. The number of anilines is 1. The van der Waals surface area contributed by atoms with E-state index < -0.39 is 0 Å². The molecule has 1 aliphatic heterocycles. The summed E-state index contributed by atoms with van der Waals surface area (Å²) in [5, 5.41) is 2.73. The summed E-state index contributed by atoms with van der Waals surface area (Å²) < 4.78 is 16.2. The van der Waals surface area contributed by atoms with Gasteiger partial charge in [0, 0.05) is 23.5 Å². The quantitative estimate of drug-likeness (QED) is 0.923. The van der Waals surface area contributed by atoms with E-state index in [4.69, 9.17) is 14.2 Å². The Kier molecular flexibility index (Phi) is 4.04. The molecule has 2 aromatic rings. The highest BCUT2D eigenvalue weighted by molar-refractivity contribution is 5.92. The van der Waals surface area contributed by atoms with Crippen molar-refractivity contribution in [3.8, 4) is 17.4 Å². The van der Waals surface area contributed by atoms with Gasteiger partial charge in [-0.25, -0.2) is 9.97 Å². The molecule has 7 heteroatoms. The van der Waals surface area contributed by atoms with Crippen molar-refractivity contribution in [2.24, 2.45) is 0 Å². The van der Waals surface area contributed by atoms with Gasteiger partial charge in [0.2, 0.25) is 5.88 Å². The molecule has 2 heterocycles. The number of nitrogens with zero attached hydrogens (tertiary/aromatic N) is 2. The number of carbonyl (C=O) groups is 1. The highest BCUT2D eigenvalue weighted by atomic mass is 16.6. The molecule has 0 aliphatic carbocycles. The maximum Gasteiger partial charge on any atom is 0.262 e. The predicted molar refractivity (Wildman–Crippen MR) is 78.3 cm³/mol. The van der Waals surface area contributed by atoms with Crippen molar-refractivity contribution in [3.63, 3.8) is 0 Å². The molecule has 114 valence electrons. The molecule has 1 aromatic heterocycles. The van der Waals surface area contributed by atoms with Gasteiger partial charge in [-0.05, 0) is 19.1 Å². The number of ether oxygens (including phenoxy) is 3. The first-order valence-electron chi connectivity index (χ1n) is 6.82. The number of benzene rings is 1. The standard InChI is InChI=1S/C15H15N3O4/c1-10-6-15(17-9-16-10)22-8-14(19)18-11-2-3-12-13(7-11)21-5-4-20-12/h2-3,6-7,9H,4-5,8H2,1H3,(H,18,19). The second-order valence-corrected chi connectivity index (χ2v) is 4.69. The van der Waals surface area contributed by atoms with Crippen molar-refractivity contribution in [3.05, 3.63) is 36.3 Å². The SMILES string of the molecule is Cc1cc(OCC(=O)Nc2ccc3c(c2)OCCO3)ncn1. The average molecular weight is 301 g/mol. The van der Waals surface area contributed by atoms with E-state index in [1.165, 1.54) is 6.33 Å². The molecule has 22 heavy (non-hydrogen) atoms. The number of carbonyl (C=O) groups excluding carboxylic acids is 1. The minimum absolute atomic E-state index is 0.134. The van der Waals surface area contributed by atoms with Gasteiger partial charge >= 0.3 is 0 Å². The fourth-order valence-electron chi connectivity index (χ4n) is 1.97. The zero-order valence-electron chi connectivity index (χ0n) is 12.0. The number of amides is 1. The van der Waals surface area contributed by atoms with Gasteiger partial charge in [0.1, 0.15) is 19.5 Å². The zero-order chi connectivity index (χ0) is 15.4. The van der Waals surface area contributed by atoms with E-state index in [-0.39, 0.29) is 12.5 Å². The van der Waals surface area contributed by atoms with Crippen molar-refractivity contribution in [1.82, 2.24) is 9.97 Å². The van der Waals surface area contributed by atoms with E-state index in [9.17, 15) is 4.79 Å². The Balaban J connectivity index is 1.57. The monoisotopic (exact) mass is 301 g/mol. The molecule has 0 radical (unpaired) electrons. The van der Waals surface area contributed by atoms with Gasteiger partial charge in [0.25, 0.3) is 5.91 Å². The molecule has 0 saturated carbocycles. The molecule has 0 unspecified atom stereocenters. The summed E-state index contributed by atoms with van der Waals surface area (Å²) in [6.45, 7) is 2.72. The van der Waals surface area contributed by atoms with Crippen LogP contribution in [-0.2, 0) is 4.79 Å². The van der Waals surface area contributed by atoms with Crippen LogP contribution in [-0.4, -0.2) is 35.7 Å². The molecule has 0 bridgehead atoms. The van der Waals surface area contributed by atoms with Crippen LogP contribution in [0.25, 0.3) is 0 Å². The summed E-state index contributed by atoms with van der Waals surface area (Å²) >= 11 is 0. The first-order valence-corrected chi connectivity index (χ1v) is 6.82. The van der Waals surface area contributed by atoms with Crippen molar-refractivity contribution in [1.29, 1.82) is 0 Å². The van der Waals surface area contributed by atoms with Gasteiger partial charge in [-0.2, -0.15) is 0 Å². The van der Waals surface area contributed by atoms with Gasteiger partial charge in [0.15, 0.2) is 18.1 Å². The highest BCUT2D eigenvalue weighted by Crippen LogP contribution is 2.32. The third-order valence-corrected chi connectivity index (χ3v) is 2.96. The summed E-state index contributed by atoms with van der Waals surface area (Å²) in [6, 6.07) is 6.90. The van der Waals surface area contributed by atoms with Crippen LogP contribution >= 0.6 is 0 Å². The Hall–Kier alpha value is -2.83. The van der Waals surface area contributed by atoms with Crippen LogP contribution in [0.1, 0.15) is 5.69 Å². The van der Waals surface area contributed by atoms with Crippen LogP contribution < -0.4 is 19.5 Å². The molecule has 1 aromatic carbocycles. The van der Waals surface area contributed by atoms with E-state index in [0.29, 0.717) is 36.3 Å². The van der Waals surface area contributed by atoms with Crippen LogP contribution in [0.15, 0.2) is 30.6 Å². The second-order valence-electron chi connectivity index (χ2n) is 4.69. The topological polar surface area (TPSA) is 82.6 Å². The van der Waals surface area contributed by atoms with Gasteiger partial charge in [-0.3, -0.25) is 4.79 Å². The largest absolute Gasteiger partial charge is 0.486 e. The number of nitrogens with one attached hydrogen (secondary N) is 1. The minimum atomic E-state index is -0.284. The Bertz CT molecular complexity index is 690. The second kappa shape index (κ2) is 6.30. The van der Waals surface area contributed by atoms with Gasteiger partial charge < -0.3 is 19.5 Å². The Morgan fingerprint density at radius 1 is 1.23 bits per heavy atom. The molecule has 3 rings (SSSR count). The number of hydrogen-bond acceptors (Lipinski definition) is 6. The third kappa shape index (κ3) is 3.43. The summed E-state index contributed by atoms with van der Waals surface area (Å²) in [6.07, 6.45) is 1.39. The Morgan fingerprint density at radius 2 is 2.05 bits per heavy atom. The lowest BCUT2D eigenvalue weighted by Crippen LogP contribution is -2.21. The summed E-state index contributed by atoms with van der Waals surface area (Å²) in [4.78, 5) is 19.8. The summed E-state index contributed by atoms with van der Waals surface area (Å²) in [7, 11) is 0. The van der Waals surface area contributed by atoms with Crippen LogP contribution in [0.3, 0.4) is 0 Å². The molecule has 0 saturated heterocycles. The Labute approximate surface area is 127 Å². The lowest BCUT2D eigenvalue weighted by atomic mass is 10.2. The maximum atomic E-state index is 11.9. The molecule has 1 aliphatic rings. The van der Waals surface area contributed by atoms with Gasteiger partial charge in [-0.1, -0.05) is 0 Å². The van der Waals surface area contributed by atoms with Crippen LogP contribution in [0, 0.1) is 6.92 Å². The molecule has 1 N–H and O–H groups in total. The molecule has 0 spiro atoms. The highest BCUT2D eigenvalue weighted by Gasteiger charge is 2.13. The molecular formula is C15H15N3O4. The zero-order valence-corrected chi connectivity index (χ0v) is 12.0. The first-order chi connectivity index (χ1) is 10.7. The van der Waals surface area contributed by atoms with Crippen LogP contribution in [0.4, 0.5) is 5.69 Å². The van der Waals surface area contributed by atoms with E-state index >= 15 is 0 Å². The van der Waals surface area contributed by atoms with Crippen LogP contribution in [0.5, 0.6) is 17.4 Å². The number of hydrogen-bond donors (Lipinski definition) is 1. The number of aromatic nitrogens is 2. The molecule has 7 nitrogen and oxygen atoms in total. The lowest BCUT2D eigenvalue weighted by Gasteiger charge is -2.19. The van der Waals surface area contributed by atoms with Crippen molar-refractivity contribution in [2.75, 3.05) is 25.1 Å². The van der Waals surface area contributed by atoms with E-state index in [0.717, 1.165) is 5.69 Å². The van der Waals surface area contributed by atoms with Crippen molar-refractivity contribution in [2.45, 2.75) is 6.92 Å². The number of rotatable bonds is 4. The fourth-order valence-corrected chi connectivity index (χ4v) is 1.97. The average Bonchev–Trinajstić information content (AvgIpc) is 2.53.